The van der Waals surface area contributed by atoms with Crippen molar-refractivity contribution in [2.45, 2.75) is 31.8 Å². The van der Waals surface area contributed by atoms with Crippen LogP contribution < -0.4 is 5.32 Å². The molecule has 0 spiro atoms. The number of fused-ring (bicyclic) bond motifs is 1. The molecular formula is C15H15BrFNO. The topological polar surface area (TPSA) is 25.2 Å². The quantitative estimate of drug-likeness (QED) is 0.908. The minimum Gasteiger partial charge on any atom is -0.469 e. The lowest BCUT2D eigenvalue weighted by Crippen LogP contribution is -2.24. The minimum absolute atomic E-state index is 0.201. The first-order chi connectivity index (χ1) is 9.24. The molecule has 1 aliphatic carbocycles. The zero-order valence-electron chi connectivity index (χ0n) is 10.5. The van der Waals surface area contributed by atoms with Crippen molar-refractivity contribution in [2.75, 3.05) is 0 Å². The third-order valence-electron chi connectivity index (χ3n) is 3.60. The van der Waals surface area contributed by atoms with Gasteiger partial charge in [-0.05, 0) is 42.7 Å². The largest absolute Gasteiger partial charge is 0.469 e. The maximum atomic E-state index is 13.2. The van der Waals surface area contributed by atoms with Crippen molar-refractivity contribution in [3.63, 3.8) is 0 Å². The Bertz CT molecular complexity index is 581. The van der Waals surface area contributed by atoms with Crippen molar-refractivity contribution in [3.8, 4) is 0 Å². The maximum absolute atomic E-state index is 13.2. The first kappa shape index (κ1) is 12.9. The Hall–Kier alpha value is -1.13. The summed E-state index contributed by atoms with van der Waals surface area (Å²) in [4.78, 5) is 0. The molecule has 0 saturated carbocycles. The number of benzene rings is 1. The Balaban J connectivity index is 1.72. The van der Waals surface area contributed by atoms with Gasteiger partial charge in [-0.2, -0.15) is 0 Å². The van der Waals surface area contributed by atoms with E-state index in [-0.39, 0.29) is 5.82 Å². The van der Waals surface area contributed by atoms with E-state index in [0.29, 0.717) is 12.6 Å². The lowest BCUT2D eigenvalue weighted by Gasteiger charge is -2.23. The van der Waals surface area contributed by atoms with Crippen molar-refractivity contribution in [1.29, 1.82) is 0 Å². The van der Waals surface area contributed by atoms with E-state index in [2.05, 4.69) is 21.2 Å². The number of furan rings is 1. The summed E-state index contributed by atoms with van der Waals surface area (Å²) in [5.41, 5.74) is 2.19. The summed E-state index contributed by atoms with van der Waals surface area (Å²) in [6, 6.07) is 7.11. The van der Waals surface area contributed by atoms with Gasteiger partial charge < -0.3 is 9.73 Å². The van der Waals surface area contributed by atoms with E-state index in [0.717, 1.165) is 35.1 Å². The Morgan fingerprint density at radius 2 is 2.26 bits per heavy atom. The highest BCUT2D eigenvalue weighted by Crippen LogP contribution is 2.31. The minimum atomic E-state index is -0.201. The van der Waals surface area contributed by atoms with Crippen LogP contribution in [-0.4, -0.2) is 0 Å². The average molecular weight is 324 g/mol. The average Bonchev–Trinajstić information content (AvgIpc) is 2.88. The third-order valence-corrected chi connectivity index (χ3v) is 4.37. The molecule has 1 aliphatic rings. The van der Waals surface area contributed by atoms with Gasteiger partial charge in [0, 0.05) is 29.0 Å². The number of aryl methyl sites for hydroxylation is 1. The van der Waals surface area contributed by atoms with Crippen LogP contribution in [-0.2, 0) is 13.0 Å². The van der Waals surface area contributed by atoms with Gasteiger partial charge in [-0.3, -0.25) is 0 Å². The summed E-state index contributed by atoms with van der Waals surface area (Å²) in [6.45, 7) is 0.646. The first-order valence-electron chi connectivity index (χ1n) is 6.47. The molecule has 1 atom stereocenters. The highest BCUT2D eigenvalue weighted by Gasteiger charge is 2.22. The zero-order chi connectivity index (χ0) is 13.2. The first-order valence-corrected chi connectivity index (χ1v) is 7.27. The standard InChI is InChI=1S/C15H15BrFNO/c16-13-5-4-11(17)8-10(13)9-18-14-2-1-3-15-12(14)6-7-19-15/h4-8,14,18H,1-3,9H2. The van der Waals surface area contributed by atoms with E-state index in [4.69, 9.17) is 4.42 Å². The van der Waals surface area contributed by atoms with Gasteiger partial charge in [0.05, 0.1) is 6.26 Å². The van der Waals surface area contributed by atoms with Gasteiger partial charge in [0.2, 0.25) is 0 Å². The molecule has 0 aliphatic heterocycles. The maximum Gasteiger partial charge on any atom is 0.123 e. The highest BCUT2D eigenvalue weighted by molar-refractivity contribution is 9.10. The predicted octanol–water partition coefficient (Wildman–Crippen LogP) is 4.35. The SMILES string of the molecule is Fc1ccc(Br)c(CNC2CCCc3occc32)c1. The molecule has 0 fully saturated rings. The normalized spacial score (nSPS) is 18.3. The number of hydrogen-bond acceptors (Lipinski definition) is 2. The molecule has 1 aromatic carbocycles. The van der Waals surface area contributed by atoms with Crippen molar-refractivity contribution >= 4 is 15.9 Å². The van der Waals surface area contributed by atoms with Gasteiger partial charge in [0.1, 0.15) is 11.6 Å². The fourth-order valence-corrected chi connectivity index (χ4v) is 3.00. The predicted molar refractivity (Wildman–Crippen MR) is 75.3 cm³/mol. The molecule has 19 heavy (non-hydrogen) atoms. The summed E-state index contributed by atoms with van der Waals surface area (Å²) in [5, 5.41) is 3.49. The molecule has 2 aromatic rings. The Kier molecular flexibility index (Phi) is 3.71. The zero-order valence-corrected chi connectivity index (χ0v) is 12.0. The second kappa shape index (κ2) is 5.47. The molecule has 0 bridgehead atoms. The molecule has 4 heteroatoms. The van der Waals surface area contributed by atoms with Crippen molar-refractivity contribution in [2.24, 2.45) is 0 Å². The van der Waals surface area contributed by atoms with Crippen LogP contribution >= 0.6 is 15.9 Å². The molecule has 1 heterocycles. The lowest BCUT2D eigenvalue weighted by atomic mass is 9.93. The van der Waals surface area contributed by atoms with Crippen LogP contribution in [0.5, 0.6) is 0 Å². The van der Waals surface area contributed by atoms with Crippen LogP contribution in [0.25, 0.3) is 0 Å². The Labute approximate surface area is 120 Å². The van der Waals surface area contributed by atoms with Crippen LogP contribution in [0.15, 0.2) is 39.4 Å². The Morgan fingerprint density at radius 3 is 3.16 bits per heavy atom. The molecule has 1 unspecified atom stereocenters. The van der Waals surface area contributed by atoms with Crippen LogP contribution in [0.1, 0.15) is 35.8 Å². The van der Waals surface area contributed by atoms with E-state index in [1.54, 1.807) is 18.4 Å². The second-order valence-corrected chi connectivity index (χ2v) is 5.71. The molecule has 1 N–H and O–H groups in total. The van der Waals surface area contributed by atoms with Gasteiger partial charge in [0.15, 0.2) is 0 Å². The van der Waals surface area contributed by atoms with Crippen LogP contribution in [0, 0.1) is 5.82 Å². The van der Waals surface area contributed by atoms with Crippen molar-refractivity contribution in [1.82, 2.24) is 5.32 Å². The second-order valence-electron chi connectivity index (χ2n) is 4.86. The molecule has 1 aromatic heterocycles. The molecule has 100 valence electrons. The summed E-state index contributed by atoms with van der Waals surface area (Å²) in [7, 11) is 0. The van der Waals surface area contributed by atoms with Gasteiger partial charge in [-0.15, -0.1) is 0 Å². The van der Waals surface area contributed by atoms with Gasteiger partial charge in [-0.25, -0.2) is 4.39 Å². The molecular weight excluding hydrogens is 309 g/mol. The molecule has 3 rings (SSSR count). The van der Waals surface area contributed by atoms with Crippen molar-refractivity contribution < 1.29 is 8.81 Å². The lowest BCUT2D eigenvalue weighted by molar-refractivity contribution is 0.410. The summed E-state index contributed by atoms with van der Waals surface area (Å²) in [6.07, 6.45) is 4.99. The van der Waals surface area contributed by atoms with Gasteiger partial charge in [-0.1, -0.05) is 15.9 Å². The van der Waals surface area contributed by atoms with E-state index >= 15 is 0 Å². The van der Waals surface area contributed by atoms with Gasteiger partial charge in [0.25, 0.3) is 0 Å². The molecule has 0 radical (unpaired) electrons. The highest BCUT2D eigenvalue weighted by atomic mass is 79.9. The fourth-order valence-electron chi connectivity index (χ4n) is 2.61. The number of rotatable bonds is 3. The number of nitrogens with one attached hydrogen (secondary N) is 1. The Morgan fingerprint density at radius 1 is 1.37 bits per heavy atom. The monoisotopic (exact) mass is 323 g/mol. The van der Waals surface area contributed by atoms with E-state index in [1.807, 2.05) is 6.07 Å². The molecule has 0 amide bonds. The summed E-state index contributed by atoms with van der Waals surface area (Å²) < 4.78 is 19.6. The van der Waals surface area contributed by atoms with Crippen molar-refractivity contribution in [3.05, 3.63) is 57.7 Å². The smallest absolute Gasteiger partial charge is 0.123 e. The van der Waals surface area contributed by atoms with Crippen LogP contribution in [0.4, 0.5) is 4.39 Å². The van der Waals surface area contributed by atoms with Crippen LogP contribution in [0.3, 0.4) is 0 Å². The number of halogens is 2. The molecule has 2 nitrogen and oxygen atoms in total. The fraction of sp³-hybridized carbons (Fsp3) is 0.333. The third kappa shape index (κ3) is 2.74. The summed E-state index contributed by atoms with van der Waals surface area (Å²) >= 11 is 3.45. The number of hydrogen-bond donors (Lipinski definition) is 1. The summed E-state index contributed by atoms with van der Waals surface area (Å²) in [5.74, 6) is 0.884. The van der Waals surface area contributed by atoms with E-state index in [9.17, 15) is 4.39 Å². The van der Waals surface area contributed by atoms with Crippen LogP contribution in [0.2, 0.25) is 0 Å². The van der Waals surface area contributed by atoms with Gasteiger partial charge >= 0.3 is 0 Å². The van der Waals surface area contributed by atoms with E-state index in [1.165, 1.54) is 11.6 Å². The molecule has 0 saturated heterocycles. The van der Waals surface area contributed by atoms with E-state index < -0.39 is 0 Å².